The van der Waals surface area contributed by atoms with E-state index in [0.717, 1.165) is 45.0 Å². The summed E-state index contributed by atoms with van der Waals surface area (Å²) < 4.78 is 0. The summed E-state index contributed by atoms with van der Waals surface area (Å²) in [5.41, 5.74) is 6.56. The number of pyridine rings is 1. The van der Waals surface area contributed by atoms with Crippen LogP contribution in [0.25, 0.3) is 33.9 Å². The number of aromatic hydroxyl groups is 1. The summed E-state index contributed by atoms with van der Waals surface area (Å²) in [5, 5.41) is 10.1. The molecule has 128 valence electrons. The molecule has 4 nitrogen and oxygen atoms in total. The third kappa shape index (κ3) is 2.86. The predicted octanol–water partition coefficient (Wildman–Crippen LogP) is 5.13. The van der Waals surface area contributed by atoms with Crippen molar-refractivity contribution in [2.75, 3.05) is 0 Å². The van der Waals surface area contributed by atoms with Gasteiger partial charge in [0.05, 0.1) is 11.4 Å². The van der Waals surface area contributed by atoms with Crippen molar-refractivity contribution in [2.45, 2.75) is 13.8 Å². The molecule has 4 rings (SSSR count). The zero-order valence-corrected chi connectivity index (χ0v) is 14.7. The Kier molecular flexibility index (Phi) is 4.01. The van der Waals surface area contributed by atoms with Crippen molar-refractivity contribution in [3.8, 4) is 39.7 Å². The van der Waals surface area contributed by atoms with Gasteiger partial charge in [-0.1, -0.05) is 30.3 Å². The van der Waals surface area contributed by atoms with Gasteiger partial charge in [0.1, 0.15) is 11.6 Å². The van der Waals surface area contributed by atoms with E-state index in [-0.39, 0.29) is 0 Å². The molecule has 0 unspecified atom stereocenters. The lowest BCUT2D eigenvalue weighted by Crippen LogP contribution is -1.86. The second-order valence-corrected chi connectivity index (χ2v) is 6.37. The first-order chi connectivity index (χ1) is 12.6. The molecule has 0 aliphatic carbocycles. The standard InChI is InChI=1S/C22H19N3O/c1-14-12-18(13-15(2)21(14)26)22-24-19(16-6-4-3-5-7-16)20(25-22)17-8-10-23-11-9-17/h3-13,26H,1-2H3,(H,24,25). The number of nitrogens with zero attached hydrogens (tertiary/aromatic N) is 2. The molecule has 2 aromatic heterocycles. The molecule has 2 heterocycles. The number of imidazole rings is 1. The number of nitrogens with one attached hydrogen (secondary N) is 1. The third-order valence-corrected chi connectivity index (χ3v) is 4.48. The van der Waals surface area contributed by atoms with Crippen LogP contribution < -0.4 is 0 Å². The fourth-order valence-corrected chi connectivity index (χ4v) is 3.13. The Morgan fingerprint density at radius 1 is 0.808 bits per heavy atom. The smallest absolute Gasteiger partial charge is 0.138 e. The van der Waals surface area contributed by atoms with Crippen molar-refractivity contribution in [1.29, 1.82) is 0 Å². The van der Waals surface area contributed by atoms with Crippen molar-refractivity contribution in [2.24, 2.45) is 0 Å². The maximum absolute atomic E-state index is 10.1. The van der Waals surface area contributed by atoms with Crippen LogP contribution in [0.15, 0.2) is 67.0 Å². The van der Waals surface area contributed by atoms with Gasteiger partial charge in [-0.3, -0.25) is 4.98 Å². The van der Waals surface area contributed by atoms with E-state index >= 15 is 0 Å². The average Bonchev–Trinajstić information content (AvgIpc) is 3.12. The monoisotopic (exact) mass is 341 g/mol. The highest BCUT2D eigenvalue weighted by atomic mass is 16.3. The molecule has 0 amide bonds. The van der Waals surface area contributed by atoms with Gasteiger partial charge in [-0.05, 0) is 49.2 Å². The molecular weight excluding hydrogens is 322 g/mol. The highest BCUT2D eigenvalue weighted by Crippen LogP contribution is 2.34. The molecule has 0 radical (unpaired) electrons. The molecule has 0 atom stereocenters. The number of benzene rings is 2. The lowest BCUT2D eigenvalue weighted by Gasteiger charge is -2.05. The quantitative estimate of drug-likeness (QED) is 0.543. The minimum atomic E-state index is 0.331. The fraction of sp³-hybridized carbons (Fsp3) is 0.0909. The van der Waals surface area contributed by atoms with Gasteiger partial charge < -0.3 is 10.1 Å². The summed E-state index contributed by atoms with van der Waals surface area (Å²) in [4.78, 5) is 12.5. The molecule has 26 heavy (non-hydrogen) atoms. The summed E-state index contributed by atoms with van der Waals surface area (Å²) in [5.74, 6) is 1.11. The Balaban J connectivity index is 1.92. The molecule has 2 N–H and O–H groups in total. The molecule has 4 aromatic rings. The van der Waals surface area contributed by atoms with Crippen molar-refractivity contribution in [3.05, 3.63) is 78.1 Å². The molecule has 0 bridgehead atoms. The van der Waals surface area contributed by atoms with Gasteiger partial charge in [-0.25, -0.2) is 4.98 Å². The van der Waals surface area contributed by atoms with Crippen LogP contribution in [0.5, 0.6) is 5.75 Å². The average molecular weight is 341 g/mol. The van der Waals surface area contributed by atoms with Gasteiger partial charge >= 0.3 is 0 Å². The summed E-state index contributed by atoms with van der Waals surface area (Å²) in [6, 6.07) is 18.0. The van der Waals surface area contributed by atoms with Gasteiger partial charge in [0.2, 0.25) is 0 Å². The minimum absolute atomic E-state index is 0.331. The van der Waals surface area contributed by atoms with Crippen molar-refractivity contribution in [1.82, 2.24) is 15.0 Å². The lowest BCUT2D eigenvalue weighted by molar-refractivity contribution is 0.467. The summed E-state index contributed by atoms with van der Waals surface area (Å²) in [6.07, 6.45) is 3.55. The number of aryl methyl sites for hydroxylation is 2. The van der Waals surface area contributed by atoms with Crippen LogP contribution in [-0.2, 0) is 0 Å². The maximum atomic E-state index is 10.1. The van der Waals surface area contributed by atoms with Crippen LogP contribution >= 0.6 is 0 Å². The maximum Gasteiger partial charge on any atom is 0.138 e. The van der Waals surface area contributed by atoms with E-state index < -0.39 is 0 Å². The number of phenols is 1. The van der Waals surface area contributed by atoms with E-state index in [4.69, 9.17) is 4.98 Å². The van der Waals surface area contributed by atoms with Crippen LogP contribution in [0.2, 0.25) is 0 Å². The van der Waals surface area contributed by atoms with Crippen LogP contribution in [0.3, 0.4) is 0 Å². The number of hydrogen-bond donors (Lipinski definition) is 2. The summed E-state index contributed by atoms with van der Waals surface area (Å²) in [6.45, 7) is 3.80. The van der Waals surface area contributed by atoms with Crippen molar-refractivity contribution >= 4 is 0 Å². The first-order valence-electron chi connectivity index (χ1n) is 8.50. The Labute approximate surface area is 152 Å². The molecule has 0 aliphatic rings. The van der Waals surface area contributed by atoms with E-state index in [9.17, 15) is 5.11 Å². The number of aromatic amines is 1. The number of rotatable bonds is 3. The molecule has 0 saturated carbocycles. The van der Waals surface area contributed by atoms with Crippen LogP contribution in [0, 0.1) is 13.8 Å². The summed E-state index contributed by atoms with van der Waals surface area (Å²) in [7, 11) is 0. The van der Waals surface area contributed by atoms with E-state index in [2.05, 4.69) is 22.1 Å². The largest absolute Gasteiger partial charge is 0.507 e. The fourth-order valence-electron chi connectivity index (χ4n) is 3.13. The number of hydrogen-bond acceptors (Lipinski definition) is 3. The van der Waals surface area contributed by atoms with Gasteiger partial charge in [0.25, 0.3) is 0 Å². The molecule has 0 aliphatic heterocycles. The first-order valence-corrected chi connectivity index (χ1v) is 8.50. The number of aromatic nitrogens is 3. The predicted molar refractivity (Wildman–Crippen MR) is 104 cm³/mol. The normalized spacial score (nSPS) is 10.8. The zero-order valence-electron chi connectivity index (χ0n) is 14.7. The van der Waals surface area contributed by atoms with Gasteiger partial charge in [-0.15, -0.1) is 0 Å². The second kappa shape index (κ2) is 6.48. The molecular formula is C22H19N3O. The Bertz CT molecular complexity index is 973. The van der Waals surface area contributed by atoms with Crippen molar-refractivity contribution < 1.29 is 5.11 Å². The van der Waals surface area contributed by atoms with Crippen LogP contribution in [0.1, 0.15) is 11.1 Å². The number of phenolic OH excluding ortho intramolecular Hbond substituents is 1. The molecule has 0 fully saturated rings. The second-order valence-electron chi connectivity index (χ2n) is 6.37. The molecule has 0 spiro atoms. The van der Waals surface area contributed by atoms with Gasteiger partial charge in [-0.2, -0.15) is 0 Å². The molecule has 2 aromatic carbocycles. The SMILES string of the molecule is Cc1cc(-c2nc(-c3ccccc3)c(-c3ccncc3)[nH]2)cc(C)c1O. The van der Waals surface area contributed by atoms with Crippen LogP contribution in [0.4, 0.5) is 0 Å². The Hall–Kier alpha value is -3.40. The highest BCUT2D eigenvalue weighted by molar-refractivity contribution is 5.81. The third-order valence-electron chi connectivity index (χ3n) is 4.48. The first kappa shape index (κ1) is 16.1. The van der Waals surface area contributed by atoms with E-state index in [1.807, 2.05) is 56.3 Å². The van der Waals surface area contributed by atoms with Gasteiger partial charge in [0, 0.05) is 29.1 Å². The topological polar surface area (TPSA) is 61.8 Å². The molecule has 4 heteroatoms. The summed E-state index contributed by atoms with van der Waals surface area (Å²) >= 11 is 0. The van der Waals surface area contributed by atoms with Gasteiger partial charge in [0.15, 0.2) is 0 Å². The minimum Gasteiger partial charge on any atom is -0.507 e. The van der Waals surface area contributed by atoms with Crippen molar-refractivity contribution in [3.63, 3.8) is 0 Å². The van der Waals surface area contributed by atoms with E-state index in [1.165, 1.54) is 0 Å². The highest BCUT2D eigenvalue weighted by Gasteiger charge is 2.16. The zero-order chi connectivity index (χ0) is 18.1. The van der Waals surface area contributed by atoms with E-state index in [1.54, 1.807) is 12.4 Å². The number of H-pyrrole nitrogens is 1. The van der Waals surface area contributed by atoms with E-state index in [0.29, 0.717) is 5.75 Å². The lowest BCUT2D eigenvalue weighted by atomic mass is 10.1. The molecule has 0 saturated heterocycles. The Morgan fingerprint density at radius 3 is 2.12 bits per heavy atom. The van der Waals surface area contributed by atoms with Crippen LogP contribution in [-0.4, -0.2) is 20.1 Å². The Morgan fingerprint density at radius 2 is 1.46 bits per heavy atom.